The fraction of sp³-hybridized carbons (Fsp3) is 1.00. The minimum atomic E-state index is -0.362. The average Bonchev–Trinajstić information content (AvgIpc) is 2.87. The molecule has 0 nitrogen and oxygen atoms in total. The topological polar surface area (TPSA) is 0 Å². The summed E-state index contributed by atoms with van der Waals surface area (Å²) in [5.74, 6) is 0. The van der Waals surface area contributed by atoms with Crippen molar-refractivity contribution in [3.8, 4) is 0 Å². The zero-order valence-electron chi connectivity index (χ0n) is 26.2. The molecule has 35 heavy (non-hydrogen) atoms. The summed E-state index contributed by atoms with van der Waals surface area (Å²) in [6.45, 7) is 13.9. The monoisotopic (exact) mass is 523 g/mol. The Morgan fingerprint density at radius 3 is 0.600 bits per heavy atom. The molecule has 0 saturated carbocycles. The van der Waals surface area contributed by atoms with Crippen molar-refractivity contribution < 1.29 is 0 Å². The molecule has 2 heteroatoms. The van der Waals surface area contributed by atoms with Crippen LogP contribution < -0.4 is 0 Å². The summed E-state index contributed by atoms with van der Waals surface area (Å²) in [7, 11) is 0. The fourth-order valence-corrected chi connectivity index (χ4v) is 12.4. The van der Waals surface area contributed by atoms with Crippen LogP contribution in [-0.2, 0) is 0 Å². The smallest absolute Gasteiger partial charge is 0.0939 e. The Labute approximate surface area is 235 Å². The molecule has 0 bridgehead atoms. The predicted octanol–water partition coefficient (Wildman–Crippen LogP) is 13.3. The molecule has 0 heterocycles. The second-order valence-electron chi connectivity index (χ2n) is 11.8. The first-order chi connectivity index (χ1) is 17.2. The summed E-state index contributed by atoms with van der Waals surface area (Å²) < 4.78 is 0. The van der Waals surface area contributed by atoms with E-state index in [0.717, 1.165) is 0 Å². The van der Waals surface area contributed by atoms with Gasteiger partial charge < -0.3 is 0 Å². The highest BCUT2D eigenvalue weighted by Crippen LogP contribution is 2.20. The minimum absolute atomic E-state index is 0.329. The second-order valence-corrected chi connectivity index (χ2v) is 18.7. The van der Waals surface area contributed by atoms with Crippen LogP contribution in [0.15, 0.2) is 0 Å². The minimum Gasteiger partial charge on any atom is -0.0939 e. The molecule has 0 aromatic heterocycles. The molecule has 0 aliphatic rings. The van der Waals surface area contributed by atoms with Crippen LogP contribution in [0.4, 0.5) is 0 Å². The highest BCUT2D eigenvalue weighted by atomic mass is 27.2. The van der Waals surface area contributed by atoms with Gasteiger partial charge in [0, 0.05) is 0 Å². The van der Waals surface area contributed by atoms with E-state index in [2.05, 4.69) is 41.5 Å². The number of hydrogen-bond donors (Lipinski definition) is 0. The van der Waals surface area contributed by atoms with Crippen LogP contribution in [-0.4, -0.2) is 28.3 Å². The zero-order chi connectivity index (χ0) is 26.2. The maximum atomic E-state index is 2.32. The van der Waals surface area contributed by atoms with Crippen LogP contribution in [0.2, 0.25) is 31.7 Å². The van der Waals surface area contributed by atoms with Gasteiger partial charge in [-0.05, 0) is 0 Å². The van der Waals surface area contributed by atoms with Gasteiger partial charge in [-0.1, -0.05) is 208 Å². The molecule has 210 valence electrons. The van der Waals surface area contributed by atoms with Crippen LogP contribution in [0.3, 0.4) is 0 Å². The maximum absolute atomic E-state index is 2.32. The molecule has 0 atom stereocenters. The molecule has 0 unspecified atom stereocenters. The Morgan fingerprint density at radius 1 is 0.229 bits per heavy atom. The van der Waals surface area contributed by atoms with E-state index < -0.39 is 0 Å². The first-order valence-corrected chi connectivity index (χ1v) is 22.1. The van der Waals surface area contributed by atoms with Crippen LogP contribution in [0.25, 0.3) is 0 Å². The van der Waals surface area contributed by atoms with Gasteiger partial charge in [-0.2, -0.15) is 0 Å². The fourth-order valence-electron chi connectivity index (χ4n) is 5.49. The van der Waals surface area contributed by atoms with E-state index in [0.29, 0.717) is 0 Å². The van der Waals surface area contributed by atoms with Gasteiger partial charge in [0.2, 0.25) is 0 Å². The lowest BCUT2D eigenvalue weighted by Gasteiger charge is -2.11. The summed E-state index contributed by atoms with van der Waals surface area (Å²) in [6, 6.07) is 0. The Morgan fingerprint density at radius 2 is 0.400 bits per heavy atom. The van der Waals surface area contributed by atoms with Crippen LogP contribution in [0.1, 0.15) is 176 Å². The molecule has 0 radical (unpaired) electrons. The highest BCUT2D eigenvalue weighted by Gasteiger charge is 2.16. The van der Waals surface area contributed by atoms with Gasteiger partial charge in [0.25, 0.3) is 28.3 Å². The molecular formula is C33H72Al2. The molecule has 0 aromatic rings. The molecule has 0 N–H and O–H groups in total. The van der Waals surface area contributed by atoms with E-state index in [1.807, 2.05) is 0 Å². The number of hydrogen-bond acceptors (Lipinski definition) is 0. The van der Waals surface area contributed by atoms with Gasteiger partial charge in [0.05, 0.1) is 0 Å². The number of unbranched alkanes of at least 4 members (excludes halogenated alkanes) is 15. The van der Waals surface area contributed by atoms with Gasteiger partial charge in [0.15, 0.2) is 0 Å². The van der Waals surface area contributed by atoms with E-state index in [-0.39, 0.29) is 28.3 Å². The Kier molecular flexibility index (Phi) is 38.3. The second kappa shape index (κ2) is 35.1. The van der Waals surface area contributed by atoms with E-state index in [9.17, 15) is 0 Å². The van der Waals surface area contributed by atoms with Crippen molar-refractivity contribution in [1.82, 2.24) is 0 Å². The summed E-state index contributed by atoms with van der Waals surface area (Å²) in [5, 5.41) is 9.87. The molecule has 0 saturated heterocycles. The van der Waals surface area contributed by atoms with Gasteiger partial charge >= 0.3 is 0 Å². The van der Waals surface area contributed by atoms with Crippen molar-refractivity contribution in [2.24, 2.45) is 0 Å². The normalized spacial score (nSPS) is 10.8. The lowest BCUT2D eigenvalue weighted by molar-refractivity contribution is 0.672. The molecule has 0 amide bonds. The SMILES string of the molecule is CCCCC[CH2][Al]([CH2]CCCCC)[CH2]CCCCC.CCCC[CH2][Al]([CH2]CCCC)[CH2]CCCC. The van der Waals surface area contributed by atoms with Crippen molar-refractivity contribution in [3.05, 3.63) is 0 Å². The van der Waals surface area contributed by atoms with Crippen molar-refractivity contribution in [1.29, 1.82) is 0 Å². The Balaban J connectivity index is 0. The van der Waals surface area contributed by atoms with Crippen LogP contribution >= 0.6 is 0 Å². The van der Waals surface area contributed by atoms with Gasteiger partial charge in [0.1, 0.15) is 0 Å². The van der Waals surface area contributed by atoms with E-state index in [1.54, 1.807) is 51.0 Å². The molecule has 0 aliphatic heterocycles. The van der Waals surface area contributed by atoms with Crippen LogP contribution in [0, 0.1) is 0 Å². The molecule has 0 rings (SSSR count). The molecule has 0 aromatic carbocycles. The first kappa shape index (κ1) is 38.2. The lowest BCUT2D eigenvalue weighted by atomic mass is 10.2. The van der Waals surface area contributed by atoms with Gasteiger partial charge in [-0.25, -0.2) is 0 Å². The zero-order valence-corrected chi connectivity index (χ0v) is 28.6. The number of rotatable bonds is 27. The summed E-state index contributed by atoms with van der Waals surface area (Å²) in [4.78, 5) is 0. The maximum Gasteiger partial charge on any atom is 0.261 e. The standard InChI is InChI=1S/3C6H13.3C5H11.2Al/c3*1-3-5-6-4-2;3*1-3-5-4-2;;/h3*1,3-6H2,2H3;3*1,3-5H2,2H3;;. The van der Waals surface area contributed by atoms with Crippen molar-refractivity contribution >= 4 is 28.3 Å². The third-order valence-corrected chi connectivity index (χ3v) is 15.4. The Hall–Kier alpha value is 1.06. The first-order valence-electron chi connectivity index (χ1n) is 17.2. The summed E-state index contributed by atoms with van der Waals surface area (Å²) >= 11 is -0.690. The molecule has 0 aliphatic carbocycles. The molecule has 0 spiro atoms. The largest absolute Gasteiger partial charge is 0.261 e. The molecular weight excluding hydrogens is 450 g/mol. The quantitative estimate of drug-likeness (QED) is 0.0743. The van der Waals surface area contributed by atoms with E-state index >= 15 is 0 Å². The van der Waals surface area contributed by atoms with E-state index in [4.69, 9.17) is 0 Å². The van der Waals surface area contributed by atoms with E-state index in [1.165, 1.54) is 116 Å². The van der Waals surface area contributed by atoms with Gasteiger partial charge in [-0.15, -0.1) is 0 Å². The predicted molar refractivity (Wildman–Crippen MR) is 171 cm³/mol. The van der Waals surface area contributed by atoms with Crippen LogP contribution in [0.5, 0.6) is 0 Å². The summed E-state index contributed by atoms with van der Waals surface area (Å²) in [6.07, 6.45) is 30.9. The molecule has 0 fully saturated rings. The average molecular weight is 523 g/mol. The van der Waals surface area contributed by atoms with Gasteiger partial charge in [-0.3, -0.25) is 0 Å². The highest BCUT2D eigenvalue weighted by molar-refractivity contribution is 6.59. The van der Waals surface area contributed by atoms with Crippen molar-refractivity contribution in [2.45, 2.75) is 208 Å². The summed E-state index contributed by atoms with van der Waals surface area (Å²) in [5.41, 5.74) is 0. The van der Waals surface area contributed by atoms with Crippen molar-refractivity contribution in [3.63, 3.8) is 0 Å². The Bertz CT molecular complexity index is 292. The lowest BCUT2D eigenvalue weighted by Crippen LogP contribution is -2.11. The third-order valence-electron chi connectivity index (χ3n) is 8.05. The third kappa shape index (κ3) is 33.0. The van der Waals surface area contributed by atoms with Crippen molar-refractivity contribution in [2.75, 3.05) is 0 Å².